The average Bonchev–Trinajstić information content (AvgIpc) is 2.45. The van der Waals surface area contributed by atoms with E-state index in [1.54, 1.807) is 13.0 Å². The normalized spacial score (nSPS) is 23.1. The van der Waals surface area contributed by atoms with Gasteiger partial charge in [-0.25, -0.2) is 4.79 Å². The van der Waals surface area contributed by atoms with Gasteiger partial charge >= 0.3 is 5.97 Å². The molecule has 4 nitrogen and oxygen atoms in total. The van der Waals surface area contributed by atoms with Crippen LogP contribution in [0.1, 0.15) is 6.92 Å². The first-order valence-electron chi connectivity index (χ1n) is 4.29. The monoisotopic (exact) mass is 293 g/mol. The maximum atomic E-state index is 10.7. The van der Waals surface area contributed by atoms with E-state index in [0.29, 0.717) is 11.4 Å². The van der Waals surface area contributed by atoms with Gasteiger partial charge in [-0.1, -0.05) is 33.8 Å². The van der Waals surface area contributed by atoms with E-state index >= 15 is 0 Å². The summed E-state index contributed by atoms with van der Waals surface area (Å²) in [5, 5.41) is 18.2. The van der Waals surface area contributed by atoms with E-state index < -0.39 is 12.1 Å². The van der Waals surface area contributed by atoms with Crippen molar-refractivity contribution >= 4 is 33.7 Å². The lowest BCUT2D eigenvalue weighted by atomic mass is 10.2. The highest BCUT2D eigenvalue weighted by Crippen LogP contribution is 2.42. The Kier molecular flexibility index (Phi) is 4.24. The van der Waals surface area contributed by atoms with Gasteiger partial charge in [0.25, 0.3) is 0 Å². The van der Waals surface area contributed by atoms with E-state index in [4.69, 9.17) is 5.11 Å². The number of allylic oxidation sites excluding steroid dienone is 1. The van der Waals surface area contributed by atoms with Crippen molar-refractivity contribution in [2.75, 3.05) is 6.54 Å². The van der Waals surface area contributed by atoms with Crippen LogP contribution in [0.2, 0.25) is 0 Å². The van der Waals surface area contributed by atoms with Crippen molar-refractivity contribution < 1.29 is 15.0 Å². The first-order chi connectivity index (χ1) is 6.99. The third-order valence-corrected chi connectivity index (χ3v) is 4.34. The number of carbonyl (C=O) groups is 1. The molecule has 0 amide bonds. The summed E-state index contributed by atoms with van der Waals surface area (Å²) in [5.74, 6) is -1.22. The zero-order valence-corrected chi connectivity index (χ0v) is 10.6. The summed E-state index contributed by atoms with van der Waals surface area (Å²) in [4.78, 5) is 13.1. The summed E-state index contributed by atoms with van der Waals surface area (Å²) in [6.07, 6.45) is 0.291. The molecule has 2 unspecified atom stereocenters. The van der Waals surface area contributed by atoms with E-state index in [2.05, 4.69) is 22.5 Å². The molecule has 2 N–H and O–H groups in total. The molecule has 0 aliphatic carbocycles. The summed E-state index contributed by atoms with van der Waals surface area (Å²) in [6.45, 7) is 6.03. The molecule has 0 aromatic rings. The van der Waals surface area contributed by atoms with Crippen LogP contribution in [-0.2, 0) is 4.79 Å². The molecule has 1 aliphatic rings. The first kappa shape index (κ1) is 12.6. The zero-order chi connectivity index (χ0) is 11.6. The van der Waals surface area contributed by atoms with E-state index in [1.165, 1.54) is 11.8 Å². The zero-order valence-electron chi connectivity index (χ0n) is 8.18. The lowest BCUT2D eigenvalue weighted by molar-refractivity contribution is -0.144. The van der Waals surface area contributed by atoms with E-state index in [1.807, 2.05) is 4.90 Å². The van der Waals surface area contributed by atoms with Crippen molar-refractivity contribution in [2.24, 2.45) is 0 Å². The van der Waals surface area contributed by atoms with Crippen molar-refractivity contribution in [3.63, 3.8) is 0 Å². The number of alkyl halides is 1. The Balaban J connectivity index is 2.90. The van der Waals surface area contributed by atoms with Crippen LogP contribution < -0.4 is 0 Å². The predicted molar refractivity (Wildman–Crippen MR) is 63.6 cm³/mol. The predicted octanol–water partition coefficient (Wildman–Crippen LogP) is 1.58. The minimum atomic E-state index is -1.44. The molecular formula is C9H12BrNO3S. The van der Waals surface area contributed by atoms with Gasteiger partial charge in [0.15, 0.2) is 6.10 Å². The molecule has 0 aromatic carbocycles. The number of hydrogen-bond acceptors (Lipinski definition) is 4. The van der Waals surface area contributed by atoms with Crippen LogP contribution in [0.5, 0.6) is 0 Å². The Morgan fingerprint density at radius 1 is 1.87 bits per heavy atom. The Bertz CT molecular complexity index is 318. The number of thioether (sulfide) groups is 1. The summed E-state index contributed by atoms with van der Waals surface area (Å²) >= 11 is 4.70. The van der Waals surface area contributed by atoms with Crippen LogP contribution in [0.25, 0.3) is 0 Å². The molecule has 1 rings (SSSR count). The summed E-state index contributed by atoms with van der Waals surface area (Å²) in [5.41, 5.74) is 0.775. The molecule has 6 heteroatoms. The Morgan fingerprint density at radius 3 is 2.93 bits per heavy atom. The van der Waals surface area contributed by atoms with Gasteiger partial charge in [0.05, 0.1) is 0 Å². The highest BCUT2D eigenvalue weighted by Gasteiger charge is 2.33. The molecule has 1 aliphatic heterocycles. The maximum Gasteiger partial charge on any atom is 0.337 e. The molecular weight excluding hydrogens is 282 g/mol. The molecule has 15 heavy (non-hydrogen) atoms. The average molecular weight is 294 g/mol. The van der Waals surface area contributed by atoms with Gasteiger partial charge in [-0.15, -0.1) is 6.58 Å². The van der Waals surface area contributed by atoms with Crippen molar-refractivity contribution in [3.8, 4) is 0 Å². The van der Waals surface area contributed by atoms with Crippen LogP contribution in [0, 0.1) is 0 Å². The minimum absolute atomic E-state index is 0.0421. The number of rotatable bonds is 4. The van der Waals surface area contributed by atoms with Crippen LogP contribution in [-0.4, -0.2) is 38.0 Å². The van der Waals surface area contributed by atoms with Crippen molar-refractivity contribution in [2.45, 2.75) is 17.3 Å². The Labute approximate surface area is 101 Å². The smallest absolute Gasteiger partial charge is 0.337 e. The van der Waals surface area contributed by atoms with Gasteiger partial charge in [0.2, 0.25) is 0 Å². The second-order valence-corrected chi connectivity index (χ2v) is 5.64. The molecule has 0 radical (unpaired) electrons. The molecule has 0 saturated heterocycles. The Morgan fingerprint density at radius 2 is 2.47 bits per heavy atom. The highest BCUT2D eigenvalue weighted by molar-refractivity contribution is 9.11. The number of carboxylic acids is 1. The van der Waals surface area contributed by atoms with Gasteiger partial charge in [0, 0.05) is 17.1 Å². The molecule has 0 saturated carbocycles. The first-order valence-corrected chi connectivity index (χ1v) is 6.08. The third-order valence-electron chi connectivity index (χ3n) is 2.06. The second kappa shape index (κ2) is 5.05. The number of aliphatic carboxylic acids is 1. The number of aliphatic hydroxyl groups excluding tert-OH is 1. The summed E-state index contributed by atoms with van der Waals surface area (Å²) in [6, 6.07) is 0. The lowest BCUT2D eigenvalue weighted by Gasteiger charge is -2.21. The van der Waals surface area contributed by atoms with E-state index in [9.17, 15) is 9.90 Å². The van der Waals surface area contributed by atoms with Gasteiger partial charge in [-0.3, -0.25) is 0 Å². The fourth-order valence-corrected chi connectivity index (χ4v) is 3.46. The van der Waals surface area contributed by atoms with Crippen LogP contribution >= 0.6 is 27.7 Å². The van der Waals surface area contributed by atoms with Crippen molar-refractivity contribution in [1.29, 1.82) is 0 Å². The number of aliphatic hydroxyl groups is 1. The maximum absolute atomic E-state index is 10.7. The summed E-state index contributed by atoms with van der Waals surface area (Å²) in [7, 11) is 0. The van der Waals surface area contributed by atoms with E-state index in [0.717, 1.165) is 5.70 Å². The van der Waals surface area contributed by atoms with Gasteiger partial charge in [-0.2, -0.15) is 0 Å². The fraction of sp³-hybridized carbons (Fsp3) is 0.444. The third kappa shape index (κ3) is 2.56. The number of hydrogen-bond donors (Lipinski definition) is 2. The van der Waals surface area contributed by atoms with Crippen molar-refractivity contribution in [1.82, 2.24) is 4.90 Å². The Hall–Kier alpha value is -0.460. The number of halogens is 1. The SMILES string of the molecule is C=CCN1C(C)=C(C(O)C(=O)O)SC1Br. The number of carboxylic acid groups (broad SMARTS) is 1. The molecule has 0 bridgehead atoms. The van der Waals surface area contributed by atoms with Gasteiger partial charge < -0.3 is 15.1 Å². The topological polar surface area (TPSA) is 60.8 Å². The highest BCUT2D eigenvalue weighted by atomic mass is 79.9. The molecule has 0 aromatic heterocycles. The standard InChI is InChI=1S/C9H12BrNO3S/c1-3-4-11-5(2)7(15-9(11)10)6(12)8(13)14/h3,6,9,12H,1,4H2,2H3,(H,13,14). The second-order valence-electron chi connectivity index (χ2n) is 3.04. The molecule has 1 heterocycles. The molecule has 2 atom stereocenters. The lowest BCUT2D eigenvalue weighted by Crippen LogP contribution is -2.24. The van der Waals surface area contributed by atoms with Gasteiger partial charge in [0.1, 0.15) is 4.28 Å². The minimum Gasteiger partial charge on any atom is -0.479 e. The fourth-order valence-electron chi connectivity index (χ4n) is 1.28. The quantitative estimate of drug-likeness (QED) is 0.468. The molecule has 84 valence electrons. The summed E-state index contributed by atoms with van der Waals surface area (Å²) < 4.78 is -0.0421. The molecule has 0 spiro atoms. The van der Waals surface area contributed by atoms with Crippen LogP contribution in [0.15, 0.2) is 23.3 Å². The molecule has 0 fully saturated rings. The number of nitrogens with zero attached hydrogens (tertiary/aromatic N) is 1. The van der Waals surface area contributed by atoms with Gasteiger partial charge in [-0.05, 0) is 6.92 Å². The van der Waals surface area contributed by atoms with E-state index in [-0.39, 0.29) is 4.28 Å². The van der Waals surface area contributed by atoms with Crippen LogP contribution in [0.4, 0.5) is 0 Å². The largest absolute Gasteiger partial charge is 0.479 e. The van der Waals surface area contributed by atoms with Crippen LogP contribution in [0.3, 0.4) is 0 Å². The van der Waals surface area contributed by atoms with Crippen molar-refractivity contribution in [3.05, 3.63) is 23.3 Å².